The SMILES string of the molecule is CCc1nc(C)c2c(C)c(C(=O)NNC(=O)c3ccc4c(c3)nc(C)n4CC)sc2n1. The Hall–Kier alpha value is -3.33. The molecule has 4 aromatic rings. The molecule has 9 heteroatoms. The molecule has 0 bridgehead atoms. The van der Waals surface area contributed by atoms with Crippen molar-refractivity contribution in [3.8, 4) is 0 Å². The minimum absolute atomic E-state index is 0.376. The maximum absolute atomic E-state index is 12.8. The summed E-state index contributed by atoms with van der Waals surface area (Å²) >= 11 is 1.30. The molecule has 0 radical (unpaired) electrons. The molecule has 3 aromatic heterocycles. The van der Waals surface area contributed by atoms with Gasteiger partial charge in [0.15, 0.2) is 0 Å². The second-order valence-corrected chi connectivity index (χ2v) is 8.33. The summed E-state index contributed by atoms with van der Waals surface area (Å²) in [6.45, 7) is 10.6. The highest BCUT2D eigenvalue weighted by Gasteiger charge is 2.20. The number of hydrogen-bond acceptors (Lipinski definition) is 6. The van der Waals surface area contributed by atoms with Crippen molar-refractivity contribution in [3.05, 3.63) is 51.5 Å². The van der Waals surface area contributed by atoms with Crippen molar-refractivity contribution >= 4 is 44.4 Å². The van der Waals surface area contributed by atoms with E-state index in [-0.39, 0.29) is 5.91 Å². The van der Waals surface area contributed by atoms with Crippen molar-refractivity contribution in [2.45, 2.75) is 47.6 Å². The number of aryl methyl sites for hydroxylation is 5. The summed E-state index contributed by atoms with van der Waals surface area (Å²) in [6, 6.07) is 5.33. The van der Waals surface area contributed by atoms with Gasteiger partial charge < -0.3 is 4.57 Å². The maximum Gasteiger partial charge on any atom is 0.280 e. The normalized spacial score (nSPS) is 11.3. The van der Waals surface area contributed by atoms with E-state index >= 15 is 0 Å². The van der Waals surface area contributed by atoms with E-state index in [0.29, 0.717) is 10.4 Å². The Bertz CT molecular complexity index is 1340. The minimum atomic E-state index is -0.401. The monoisotopic (exact) mass is 436 g/mol. The van der Waals surface area contributed by atoms with E-state index in [1.807, 2.05) is 33.8 Å². The van der Waals surface area contributed by atoms with Crippen LogP contribution in [0, 0.1) is 20.8 Å². The molecule has 160 valence electrons. The topological polar surface area (TPSA) is 102 Å². The summed E-state index contributed by atoms with van der Waals surface area (Å²) in [5.41, 5.74) is 8.85. The molecule has 3 heterocycles. The molecule has 2 amide bonds. The Kier molecular flexibility index (Phi) is 5.45. The number of imidazole rings is 1. The molecule has 0 aliphatic heterocycles. The molecule has 2 N–H and O–H groups in total. The summed E-state index contributed by atoms with van der Waals surface area (Å²) in [5.74, 6) is 0.872. The molecule has 4 rings (SSSR count). The van der Waals surface area contributed by atoms with Crippen LogP contribution >= 0.6 is 11.3 Å². The van der Waals surface area contributed by atoms with Crippen molar-refractivity contribution in [1.29, 1.82) is 0 Å². The second-order valence-electron chi connectivity index (χ2n) is 7.33. The molecule has 1 aromatic carbocycles. The van der Waals surface area contributed by atoms with Gasteiger partial charge in [-0.1, -0.05) is 6.92 Å². The third-order valence-corrected chi connectivity index (χ3v) is 6.53. The molecule has 0 aliphatic rings. The van der Waals surface area contributed by atoms with Crippen LogP contribution in [-0.4, -0.2) is 31.3 Å². The highest BCUT2D eigenvalue weighted by atomic mass is 32.1. The van der Waals surface area contributed by atoms with Gasteiger partial charge in [-0.25, -0.2) is 15.0 Å². The fourth-order valence-corrected chi connectivity index (χ4v) is 4.95. The lowest BCUT2D eigenvalue weighted by molar-refractivity contribution is 0.0848. The van der Waals surface area contributed by atoms with Gasteiger partial charge in [0.1, 0.15) is 16.5 Å². The number of carbonyl (C=O) groups excluding carboxylic acids is 2. The Balaban J connectivity index is 1.53. The fraction of sp³-hybridized carbons (Fsp3) is 0.318. The van der Waals surface area contributed by atoms with E-state index < -0.39 is 5.91 Å². The van der Waals surface area contributed by atoms with Gasteiger partial charge in [0.2, 0.25) is 0 Å². The molecule has 8 nitrogen and oxygen atoms in total. The zero-order valence-electron chi connectivity index (χ0n) is 18.2. The van der Waals surface area contributed by atoms with Crippen LogP contribution in [0.3, 0.4) is 0 Å². The van der Waals surface area contributed by atoms with E-state index in [9.17, 15) is 9.59 Å². The van der Waals surface area contributed by atoms with Gasteiger partial charge >= 0.3 is 0 Å². The number of nitrogens with zero attached hydrogens (tertiary/aromatic N) is 4. The Morgan fingerprint density at radius 1 is 1.03 bits per heavy atom. The van der Waals surface area contributed by atoms with Crippen molar-refractivity contribution in [3.63, 3.8) is 0 Å². The first-order valence-electron chi connectivity index (χ1n) is 10.2. The molecule has 31 heavy (non-hydrogen) atoms. The Labute approximate surface area is 183 Å². The first-order valence-corrected chi connectivity index (χ1v) is 11.0. The Morgan fingerprint density at radius 3 is 2.48 bits per heavy atom. The average Bonchev–Trinajstić information content (AvgIpc) is 3.26. The molecule has 0 fully saturated rings. The first kappa shape index (κ1) is 20.9. The molecule has 0 spiro atoms. The van der Waals surface area contributed by atoms with Crippen LogP contribution in [0.1, 0.15) is 56.8 Å². The molecule has 0 unspecified atom stereocenters. The van der Waals surface area contributed by atoms with Crippen LogP contribution in [0.15, 0.2) is 18.2 Å². The van der Waals surface area contributed by atoms with Gasteiger partial charge in [0.25, 0.3) is 11.8 Å². The van der Waals surface area contributed by atoms with Gasteiger partial charge in [0, 0.05) is 29.6 Å². The van der Waals surface area contributed by atoms with Crippen molar-refractivity contribution in [2.75, 3.05) is 0 Å². The average molecular weight is 437 g/mol. The molecule has 0 atom stereocenters. The standard InChI is InChI=1S/C22H24N6O2S/c1-6-17-23-12(4)18-11(3)19(31-22(18)25-17)21(30)27-26-20(29)14-8-9-16-15(10-14)24-13(5)28(16)7-2/h8-10H,6-7H2,1-5H3,(H,26,29)(H,27,30). The van der Waals surface area contributed by atoms with Gasteiger partial charge in [-0.05, 0) is 51.5 Å². The molecular formula is C22H24N6O2S. The Morgan fingerprint density at radius 2 is 1.77 bits per heavy atom. The number of hydrazine groups is 1. The van der Waals surface area contributed by atoms with Crippen LogP contribution < -0.4 is 10.9 Å². The van der Waals surface area contributed by atoms with Gasteiger partial charge in [-0.2, -0.15) is 0 Å². The number of carbonyl (C=O) groups is 2. The predicted octanol–water partition coefficient (Wildman–Crippen LogP) is 3.62. The quantitative estimate of drug-likeness (QED) is 0.476. The summed E-state index contributed by atoms with van der Waals surface area (Å²) in [7, 11) is 0. The van der Waals surface area contributed by atoms with Crippen LogP contribution in [0.4, 0.5) is 0 Å². The third-order valence-electron chi connectivity index (χ3n) is 5.35. The number of hydrogen-bond donors (Lipinski definition) is 2. The van der Waals surface area contributed by atoms with E-state index in [4.69, 9.17) is 0 Å². The number of fused-ring (bicyclic) bond motifs is 2. The van der Waals surface area contributed by atoms with Gasteiger partial charge in [-0.15, -0.1) is 11.3 Å². The smallest absolute Gasteiger partial charge is 0.280 e. The number of nitrogens with one attached hydrogen (secondary N) is 2. The number of amides is 2. The molecule has 0 aliphatic carbocycles. The van der Waals surface area contributed by atoms with Crippen molar-refractivity contribution in [1.82, 2.24) is 30.4 Å². The summed E-state index contributed by atoms with van der Waals surface area (Å²) in [4.78, 5) is 40.2. The van der Waals surface area contributed by atoms with Crippen molar-refractivity contribution < 1.29 is 9.59 Å². The number of benzene rings is 1. The lowest BCUT2D eigenvalue weighted by Crippen LogP contribution is -2.41. The third kappa shape index (κ3) is 3.65. The molecule has 0 saturated carbocycles. The highest BCUT2D eigenvalue weighted by molar-refractivity contribution is 7.20. The first-order chi connectivity index (χ1) is 14.8. The predicted molar refractivity (Wildman–Crippen MR) is 121 cm³/mol. The second kappa shape index (κ2) is 8.07. The number of rotatable bonds is 4. The molecule has 0 saturated heterocycles. The largest absolute Gasteiger partial charge is 0.329 e. The lowest BCUT2D eigenvalue weighted by Gasteiger charge is -2.07. The van der Waals surface area contributed by atoms with E-state index in [0.717, 1.165) is 57.1 Å². The summed E-state index contributed by atoms with van der Waals surface area (Å²) in [5, 5.41) is 0.894. The van der Waals surface area contributed by atoms with Crippen LogP contribution in [0.5, 0.6) is 0 Å². The van der Waals surface area contributed by atoms with Crippen LogP contribution in [0.25, 0.3) is 21.3 Å². The van der Waals surface area contributed by atoms with Crippen LogP contribution in [-0.2, 0) is 13.0 Å². The van der Waals surface area contributed by atoms with E-state index in [2.05, 4.69) is 37.3 Å². The zero-order chi connectivity index (χ0) is 22.3. The summed E-state index contributed by atoms with van der Waals surface area (Å²) < 4.78 is 2.08. The van der Waals surface area contributed by atoms with Crippen LogP contribution in [0.2, 0.25) is 0 Å². The van der Waals surface area contributed by atoms with Gasteiger partial charge in [-0.3, -0.25) is 20.4 Å². The summed E-state index contributed by atoms with van der Waals surface area (Å²) in [6.07, 6.45) is 0.728. The highest BCUT2D eigenvalue weighted by Crippen LogP contribution is 2.31. The van der Waals surface area contributed by atoms with Gasteiger partial charge in [0.05, 0.1) is 15.9 Å². The maximum atomic E-state index is 12.8. The lowest BCUT2D eigenvalue weighted by atomic mass is 10.1. The number of thiophene rings is 1. The minimum Gasteiger partial charge on any atom is -0.329 e. The fourth-order valence-electron chi connectivity index (χ4n) is 3.80. The van der Waals surface area contributed by atoms with Crippen molar-refractivity contribution in [2.24, 2.45) is 0 Å². The molecular weight excluding hydrogens is 412 g/mol. The number of aromatic nitrogens is 4. The van der Waals surface area contributed by atoms with E-state index in [1.54, 1.807) is 12.1 Å². The zero-order valence-corrected chi connectivity index (χ0v) is 19.0. The van der Waals surface area contributed by atoms with E-state index in [1.165, 1.54) is 11.3 Å².